The van der Waals surface area contributed by atoms with Crippen LogP contribution >= 0.6 is 0 Å². The summed E-state index contributed by atoms with van der Waals surface area (Å²) < 4.78 is 28.0. The third-order valence-corrected chi connectivity index (χ3v) is 4.07. The van der Waals surface area contributed by atoms with E-state index in [1.807, 2.05) is 6.92 Å². The Hall–Kier alpha value is -1.12. The Labute approximate surface area is 107 Å². The van der Waals surface area contributed by atoms with Crippen molar-refractivity contribution in [2.45, 2.75) is 44.2 Å². The number of hydrogen-bond acceptors (Lipinski definition) is 5. The van der Waals surface area contributed by atoms with Gasteiger partial charge in [-0.25, -0.2) is 13.1 Å². The Bertz CT molecular complexity index is 479. The van der Waals surface area contributed by atoms with Crippen LogP contribution < -0.4 is 10.5 Å². The van der Waals surface area contributed by atoms with Gasteiger partial charge in [-0.1, -0.05) is 13.8 Å². The van der Waals surface area contributed by atoms with Gasteiger partial charge in [0.05, 0.1) is 6.61 Å². The van der Waals surface area contributed by atoms with Crippen molar-refractivity contribution in [2.75, 3.05) is 12.3 Å². The van der Waals surface area contributed by atoms with Crippen LogP contribution in [0.15, 0.2) is 11.1 Å². The highest BCUT2D eigenvalue weighted by molar-refractivity contribution is 7.89. The lowest BCUT2D eigenvalue weighted by Gasteiger charge is -2.13. The highest BCUT2D eigenvalue weighted by atomic mass is 32.2. The van der Waals surface area contributed by atoms with Crippen LogP contribution in [0.25, 0.3) is 0 Å². The lowest BCUT2D eigenvalue weighted by Crippen LogP contribution is -2.37. The van der Waals surface area contributed by atoms with Crippen molar-refractivity contribution in [3.8, 4) is 0 Å². The van der Waals surface area contributed by atoms with E-state index in [9.17, 15) is 8.42 Å². The lowest BCUT2D eigenvalue weighted by molar-refractivity contribution is 0.254. The number of aryl methyl sites for hydroxylation is 1. The van der Waals surface area contributed by atoms with Crippen molar-refractivity contribution >= 4 is 15.8 Å². The van der Waals surface area contributed by atoms with Crippen LogP contribution in [-0.2, 0) is 16.6 Å². The summed E-state index contributed by atoms with van der Waals surface area (Å²) in [6.07, 6.45) is 2.74. The first-order chi connectivity index (χ1) is 8.44. The molecular weight excluding hydrogens is 256 g/mol. The van der Waals surface area contributed by atoms with Gasteiger partial charge in [0.15, 0.2) is 5.82 Å². The number of anilines is 1. The molecule has 8 heteroatoms. The SMILES string of the molecule is CCCn1cc(S(=O)(=O)N[C@H](CC)CO)c(N)n1. The highest BCUT2D eigenvalue weighted by Gasteiger charge is 2.23. The summed E-state index contributed by atoms with van der Waals surface area (Å²) in [5.74, 6) is -0.0243. The Morgan fingerprint density at radius 3 is 2.72 bits per heavy atom. The quantitative estimate of drug-likeness (QED) is 0.645. The van der Waals surface area contributed by atoms with Crippen molar-refractivity contribution in [1.29, 1.82) is 0 Å². The standard InChI is InChI=1S/C10H20N4O3S/c1-3-5-14-6-9(10(11)12-14)18(16,17)13-8(4-2)7-15/h6,8,13,15H,3-5,7H2,1-2H3,(H2,11,12)/t8-/m1/s1. The summed E-state index contributed by atoms with van der Waals surface area (Å²) in [7, 11) is -3.73. The Morgan fingerprint density at radius 2 is 2.22 bits per heavy atom. The minimum Gasteiger partial charge on any atom is -0.395 e. The van der Waals surface area contributed by atoms with Crippen molar-refractivity contribution in [1.82, 2.24) is 14.5 Å². The minimum atomic E-state index is -3.73. The maximum absolute atomic E-state index is 12.0. The van der Waals surface area contributed by atoms with E-state index in [-0.39, 0.29) is 17.3 Å². The Morgan fingerprint density at radius 1 is 1.56 bits per heavy atom. The maximum atomic E-state index is 12.0. The second-order valence-corrected chi connectivity index (χ2v) is 5.73. The molecule has 0 amide bonds. The molecule has 0 bridgehead atoms. The molecule has 18 heavy (non-hydrogen) atoms. The summed E-state index contributed by atoms with van der Waals surface area (Å²) in [6.45, 7) is 4.10. The van der Waals surface area contributed by atoms with E-state index in [1.165, 1.54) is 10.9 Å². The largest absolute Gasteiger partial charge is 0.395 e. The summed E-state index contributed by atoms with van der Waals surface area (Å²) in [5.41, 5.74) is 5.60. The molecule has 0 aliphatic heterocycles. The van der Waals surface area contributed by atoms with Gasteiger partial charge in [-0.05, 0) is 12.8 Å². The van der Waals surface area contributed by atoms with E-state index < -0.39 is 16.1 Å². The molecule has 0 unspecified atom stereocenters. The van der Waals surface area contributed by atoms with Gasteiger partial charge in [0.2, 0.25) is 10.0 Å². The van der Waals surface area contributed by atoms with E-state index in [0.29, 0.717) is 13.0 Å². The zero-order valence-electron chi connectivity index (χ0n) is 10.6. The maximum Gasteiger partial charge on any atom is 0.246 e. The number of sulfonamides is 1. The smallest absolute Gasteiger partial charge is 0.246 e. The van der Waals surface area contributed by atoms with E-state index in [4.69, 9.17) is 10.8 Å². The number of nitrogens with two attached hydrogens (primary N) is 1. The van der Waals surface area contributed by atoms with Crippen LogP contribution in [0, 0.1) is 0 Å². The van der Waals surface area contributed by atoms with E-state index in [1.54, 1.807) is 6.92 Å². The Balaban J connectivity index is 2.97. The van der Waals surface area contributed by atoms with Crippen molar-refractivity contribution in [3.63, 3.8) is 0 Å². The molecule has 0 aliphatic rings. The fourth-order valence-corrected chi connectivity index (χ4v) is 2.88. The zero-order valence-corrected chi connectivity index (χ0v) is 11.4. The van der Waals surface area contributed by atoms with E-state index in [0.717, 1.165) is 6.42 Å². The van der Waals surface area contributed by atoms with Crippen molar-refractivity contribution in [2.24, 2.45) is 0 Å². The monoisotopic (exact) mass is 276 g/mol. The van der Waals surface area contributed by atoms with Crippen molar-refractivity contribution < 1.29 is 13.5 Å². The number of nitrogens with one attached hydrogen (secondary N) is 1. The lowest BCUT2D eigenvalue weighted by atomic mass is 10.3. The molecule has 0 radical (unpaired) electrons. The van der Waals surface area contributed by atoms with Gasteiger partial charge in [0.1, 0.15) is 4.90 Å². The molecule has 1 rings (SSSR count). The molecule has 0 spiro atoms. The topological polar surface area (TPSA) is 110 Å². The van der Waals surface area contributed by atoms with Crippen LogP contribution in [0.2, 0.25) is 0 Å². The molecule has 1 atom stereocenters. The second-order valence-electron chi connectivity index (χ2n) is 4.05. The molecule has 1 aromatic heterocycles. The van der Waals surface area contributed by atoms with Gasteiger partial charge in [-0.2, -0.15) is 5.10 Å². The molecule has 104 valence electrons. The van der Waals surface area contributed by atoms with E-state index in [2.05, 4.69) is 9.82 Å². The predicted octanol–water partition coefficient (Wildman–Crippen LogP) is -0.0755. The van der Waals surface area contributed by atoms with Gasteiger partial charge in [0.25, 0.3) is 0 Å². The van der Waals surface area contributed by atoms with Crippen LogP contribution in [0.3, 0.4) is 0 Å². The molecule has 1 heterocycles. The number of nitrogen functional groups attached to an aromatic ring is 1. The zero-order chi connectivity index (χ0) is 13.8. The summed E-state index contributed by atoms with van der Waals surface area (Å²) >= 11 is 0. The van der Waals surface area contributed by atoms with Crippen LogP contribution in [0.1, 0.15) is 26.7 Å². The molecule has 0 aromatic carbocycles. The molecule has 0 fully saturated rings. The summed E-state index contributed by atoms with van der Waals surface area (Å²) in [6, 6.07) is -0.510. The molecule has 0 saturated heterocycles. The first-order valence-corrected chi connectivity index (χ1v) is 7.39. The predicted molar refractivity (Wildman–Crippen MR) is 68.4 cm³/mol. The first kappa shape index (κ1) is 14.9. The fourth-order valence-electron chi connectivity index (χ4n) is 1.50. The fraction of sp³-hybridized carbons (Fsp3) is 0.700. The van der Waals surface area contributed by atoms with Crippen LogP contribution in [-0.4, -0.2) is 36.0 Å². The van der Waals surface area contributed by atoms with Crippen LogP contribution in [0.5, 0.6) is 0 Å². The number of hydrogen-bond donors (Lipinski definition) is 3. The number of aromatic nitrogens is 2. The van der Waals surface area contributed by atoms with Gasteiger partial charge in [0, 0.05) is 18.8 Å². The van der Waals surface area contributed by atoms with Crippen LogP contribution in [0.4, 0.5) is 5.82 Å². The Kier molecular flexibility index (Phi) is 5.12. The third kappa shape index (κ3) is 3.44. The normalized spacial score (nSPS) is 13.7. The average molecular weight is 276 g/mol. The third-order valence-electron chi connectivity index (χ3n) is 2.53. The molecule has 0 saturated carbocycles. The van der Waals surface area contributed by atoms with Gasteiger partial charge < -0.3 is 10.8 Å². The first-order valence-electron chi connectivity index (χ1n) is 5.90. The molecular formula is C10H20N4O3S. The molecule has 1 aromatic rings. The van der Waals surface area contributed by atoms with Gasteiger partial charge >= 0.3 is 0 Å². The average Bonchev–Trinajstić information content (AvgIpc) is 2.68. The van der Waals surface area contributed by atoms with Gasteiger partial charge in [-0.3, -0.25) is 4.68 Å². The summed E-state index contributed by atoms with van der Waals surface area (Å²) in [5, 5.41) is 13.0. The summed E-state index contributed by atoms with van der Waals surface area (Å²) in [4.78, 5) is -0.0390. The second kappa shape index (κ2) is 6.17. The highest BCUT2D eigenvalue weighted by Crippen LogP contribution is 2.16. The van der Waals surface area contributed by atoms with Gasteiger partial charge in [-0.15, -0.1) is 0 Å². The number of nitrogens with zero attached hydrogens (tertiary/aromatic N) is 2. The minimum absolute atomic E-state index is 0.0243. The number of rotatable bonds is 7. The number of aliphatic hydroxyl groups excluding tert-OH is 1. The molecule has 4 N–H and O–H groups in total. The van der Waals surface area contributed by atoms with Crippen molar-refractivity contribution in [3.05, 3.63) is 6.20 Å². The van der Waals surface area contributed by atoms with E-state index >= 15 is 0 Å². The molecule has 0 aliphatic carbocycles. The number of aliphatic hydroxyl groups is 1. The molecule has 7 nitrogen and oxygen atoms in total.